The van der Waals surface area contributed by atoms with Crippen LogP contribution in [0.1, 0.15) is 41.2 Å². The topological polar surface area (TPSA) is 91.9 Å². The molecule has 1 heterocycles. The summed E-state index contributed by atoms with van der Waals surface area (Å²) >= 11 is 0. The van der Waals surface area contributed by atoms with E-state index in [1.165, 1.54) is 6.26 Å². The van der Waals surface area contributed by atoms with E-state index in [2.05, 4.69) is 29.4 Å². The number of nitrogens with one attached hydrogen (secondary N) is 2. The number of amides is 1. The second-order valence-electron chi connectivity index (χ2n) is 6.49. The Morgan fingerprint density at radius 1 is 1.33 bits per heavy atom. The van der Waals surface area contributed by atoms with Crippen molar-refractivity contribution in [3.8, 4) is 0 Å². The number of rotatable bonds is 6. The average molecular weight is 349 g/mol. The van der Waals surface area contributed by atoms with E-state index in [-0.39, 0.29) is 11.7 Å². The third kappa shape index (κ3) is 4.92. The molecule has 0 atom stereocenters. The van der Waals surface area contributed by atoms with Gasteiger partial charge < -0.3 is 5.32 Å². The molecule has 0 aliphatic rings. The molecule has 24 heavy (non-hydrogen) atoms. The van der Waals surface area contributed by atoms with Gasteiger partial charge in [-0.05, 0) is 42.5 Å². The van der Waals surface area contributed by atoms with Gasteiger partial charge in [-0.25, -0.2) is 8.42 Å². The van der Waals surface area contributed by atoms with Gasteiger partial charge >= 0.3 is 0 Å². The monoisotopic (exact) mass is 349 g/mol. The molecule has 0 aliphatic carbocycles. The molecule has 0 spiro atoms. The van der Waals surface area contributed by atoms with Crippen molar-refractivity contribution in [3.63, 3.8) is 0 Å². The van der Waals surface area contributed by atoms with Crippen molar-refractivity contribution >= 4 is 21.4 Å². The van der Waals surface area contributed by atoms with Gasteiger partial charge in [0.05, 0.1) is 5.75 Å². The molecule has 0 unspecified atom stereocenters. The van der Waals surface area contributed by atoms with Crippen LogP contribution in [0.15, 0.2) is 24.3 Å². The normalized spacial score (nSPS) is 11.7. The minimum absolute atomic E-state index is 0.0521. The van der Waals surface area contributed by atoms with Crippen molar-refractivity contribution in [1.29, 1.82) is 0 Å². The number of anilines is 1. The molecule has 6 nitrogen and oxygen atoms in total. The Labute approximate surface area is 142 Å². The number of nitrogens with zero attached hydrogens (tertiary/aromatic N) is 1. The zero-order chi connectivity index (χ0) is 17.9. The number of hydrogen-bond donors (Lipinski definition) is 2. The Morgan fingerprint density at radius 2 is 2.04 bits per heavy atom. The van der Waals surface area contributed by atoms with Gasteiger partial charge in [0.2, 0.25) is 0 Å². The Bertz CT molecular complexity index is 839. The molecule has 0 aliphatic heterocycles. The van der Waals surface area contributed by atoms with E-state index in [1.54, 1.807) is 31.2 Å². The lowest BCUT2D eigenvalue weighted by atomic mass is 10.1. The van der Waals surface area contributed by atoms with E-state index in [9.17, 15) is 13.2 Å². The summed E-state index contributed by atoms with van der Waals surface area (Å²) in [6.07, 6.45) is 2.01. The van der Waals surface area contributed by atoms with Crippen LogP contribution in [0.3, 0.4) is 0 Å². The van der Waals surface area contributed by atoms with Crippen LogP contribution in [0.25, 0.3) is 0 Å². The summed E-state index contributed by atoms with van der Waals surface area (Å²) in [5, 5.41) is 9.72. The summed E-state index contributed by atoms with van der Waals surface area (Å²) in [6.45, 7) is 5.99. The maximum absolute atomic E-state index is 12.4. The summed E-state index contributed by atoms with van der Waals surface area (Å²) in [6, 6.07) is 6.98. The molecule has 0 saturated carbocycles. The first-order valence-electron chi connectivity index (χ1n) is 7.77. The van der Waals surface area contributed by atoms with E-state index >= 15 is 0 Å². The highest BCUT2D eigenvalue weighted by atomic mass is 32.2. The molecular weight excluding hydrogens is 326 g/mol. The van der Waals surface area contributed by atoms with Crippen LogP contribution in [0, 0.1) is 12.8 Å². The molecule has 2 aromatic rings. The maximum atomic E-state index is 12.4. The fourth-order valence-electron chi connectivity index (χ4n) is 2.47. The molecule has 130 valence electrons. The van der Waals surface area contributed by atoms with Crippen LogP contribution in [-0.4, -0.2) is 30.8 Å². The number of aromatic nitrogens is 2. The molecule has 0 radical (unpaired) electrons. The van der Waals surface area contributed by atoms with Crippen molar-refractivity contribution in [1.82, 2.24) is 10.2 Å². The zero-order valence-corrected chi connectivity index (χ0v) is 15.2. The lowest BCUT2D eigenvalue weighted by molar-refractivity contribution is 0.102. The van der Waals surface area contributed by atoms with Crippen LogP contribution in [0.2, 0.25) is 0 Å². The van der Waals surface area contributed by atoms with E-state index in [4.69, 9.17) is 0 Å². The van der Waals surface area contributed by atoms with Crippen molar-refractivity contribution in [2.24, 2.45) is 5.92 Å². The number of carbonyl (C=O) groups excluding carboxylic acids is 1. The van der Waals surface area contributed by atoms with Crippen molar-refractivity contribution in [2.45, 2.75) is 32.9 Å². The highest BCUT2D eigenvalue weighted by molar-refractivity contribution is 7.89. The SMILES string of the molecule is Cc1c(CS(C)(=O)=O)cccc1NC(=O)c1cc(CC(C)C)[nH]n1. The third-order valence-electron chi connectivity index (χ3n) is 3.60. The molecule has 2 N–H and O–H groups in total. The standard InChI is InChI=1S/C17H23N3O3S/c1-11(2)8-14-9-16(20-19-14)17(21)18-15-7-5-6-13(12(15)3)10-24(4,22)23/h5-7,9,11H,8,10H2,1-4H3,(H,18,21)(H,19,20). The maximum Gasteiger partial charge on any atom is 0.276 e. The molecular formula is C17H23N3O3S. The van der Waals surface area contributed by atoms with Gasteiger partial charge in [0.25, 0.3) is 5.91 Å². The molecule has 7 heteroatoms. The summed E-state index contributed by atoms with van der Waals surface area (Å²) in [7, 11) is -3.14. The summed E-state index contributed by atoms with van der Waals surface area (Å²) in [4.78, 5) is 12.4. The predicted octanol–water partition coefficient (Wildman–Crippen LogP) is 2.71. The Morgan fingerprint density at radius 3 is 2.67 bits per heavy atom. The number of sulfone groups is 1. The quantitative estimate of drug-likeness (QED) is 0.839. The minimum atomic E-state index is -3.14. The minimum Gasteiger partial charge on any atom is -0.320 e. The Balaban J connectivity index is 2.17. The second kappa shape index (κ2) is 7.17. The van der Waals surface area contributed by atoms with Gasteiger partial charge in [-0.2, -0.15) is 5.10 Å². The van der Waals surface area contributed by atoms with Crippen LogP contribution in [0.4, 0.5) is 5.69 Å². The molecule has 1 aromatic heterocycles. The van der Waals surface area contributed by atoms with Crippen molar-refractivity contribution < 1.29 is 13.2 Å². The number of hydrogen-bond acceptors (Lipinski definition) is 4. The van der Waals surface area contributed by atoms with E-state index in [0.29, 0.717) is 22.9 Å². The van der Waals surface area contributed by atoms with E-state index < -0.39 is 9.84 Å². The Kier molecular flexibility index (Phi) is 5.43. The first-order valence-corrected chi connectivity index (χ1v) is 9.83. The number of benzene rings is 1. The lowest BCUT2D eigenvalue weighted by Crippen LogP contribution is -2.14. The lowest BCUT2D eigenvalue weighted by Gasteiger charge is -2.11. The first-order chi connectivity index (χ1) is 11.2. The largest absolute Gasteiger partial charge is 0.320 e. The van der Waals surface area contributed by atoms with Crippen LogP contribution in [0.5, 0.6) is 0 Å². The van der Waals surface area contributed by atoms with Gasteiger partial charge in [-0.15, -0.1) is 0 Å². The molecule has 0 bridgehead atoms. The molecule has 1 amide bonds. The molecule has 1 aromatic carbocycles. The average Bonchev–Trinajstić information content (AvgIpc) is 2.89. The summed E-state index contributed by atoms with van der Waals surface area (Å²) < 4.78 is 23.0. The number of H-pyrrole nitrogens is 1. The van der Waals surface area contributed by atoms with Gasteiger partial charge in [-0.3, -0.25) is 9.89 Å². The van der Waals surface area contributed by atoms with E-state index in [1.807, 2.05) is 0 Å². The van der Waals surface area contributed by atoms with Gasteiger partial charge in [0.15, 0.2) is 15.5 Å². The van der Waals surface area contributed by atoms with Gasteiger partial charge in [0, 0.05) is 17.6 Å². The number of carbonyl (C=O) groups is 1. The fourth-order valence-corrected chi connectivity index (χ4v) is 3.34. The molecule has 2 rings (SSSR count). The first kappa shape index (κ1) is 18.2. The van der Waals surface area contributed by atoms with Gasteiger partial charge in [0.1, 0.15) is 0 Å². The predicted molar refractivity (Wildman–Crippen MR) is 94.8 cm³/mol. The third-order valence-corrected chi connectivity index (χ3v) is 4.44. The highest BCUT2D eigenvalue weighted by Crippen LogP contribution is 2.21. The molecule has 0 fully saturated rings. The van der Waals surface area contributed by atoms with Gasteiger partial charge in [-0.1, -0.05) is 26.0 Å². The Hall–Kier alpha value is -2.15. The highest BCUT2D eigenvalue weighted by Gasteiger charge is 2.15. The van der Waals surface area contributed by atoms with Crippen LogP contribution >= 0.6 is 0 Å². The van der Waals surface area contributed by atoms with Crippen molar-refractivity contribution in [3.05, 3.63) is 46.8 Å². The smallest absolute Gasteiger partial charge is 0.276 e. The number of aromatic amines is 1. The van der Waals surface area contributed by atoms with Crippen molar-refractivity contribution in [2.75, 3.05) is 11.6 Å². The summed E-state index contributed by atoms with van der Waals surface area (Å²) in [5.74, 6) is 0.0980. The fraction of sp³-hybridized carbons (Fsp3) is 0.412. The van der Waals surface area contributed by atoms with Crippen LogP contribution < -0.4 is 5.32 Å². The molecule has 0 saturated heterocycles. The van der Waals surface area contributed by atoms with E-state index in [0.717, 1.165) is 17.7 Å². The second-order valence-corrected chi connectivity index (χ2v) is 8.63. The van der Waals surface area contributed by atoms with Crippen LogP contribution in [-0.2, 0) is 22.0 Å². The summed E-state index contributed by atoms with van der Waals surface area (Å²) in [5.41, 5.74) is 3.25. The zero-order valence-electron chi connectivity index (χ0n) is 14.4.